The second kappa shape index (κ2) is 8.89. The normalized spacial score (nSPS) is 16.5. The number of hydrogen-bond acceptors (Lipinski definition) is 8. The van der Waals surface area contributed by atoms with E-state index < -0.39 is 10.0 Å². The van der Waals surface area contributed by atoms with E-state index in [2.05, 4.69) is 49.7 Å². The first-order valence-electron chi connectivity index (χ1n) is 11.8. The number of benzene rings is 2. The van der Waals surface area contributed by atoms with E-state index in [0.29, 0.717) is 28.3 Å². The molecular weight excluding hydrogens is 474 g/mol. The van der Waals surface area contributed by atoms with Gasteiger partial charge in [-0.05, 0) is 43.3 Å². The van der Waals surface area contributed by atoms with Crippen LogP contribution < -0.4 is 15.5 Å². The molecule has 0 saturated carbocycles. The quantitative estimate of drug-likeness (QED) is 0.377. The Labute approximate surface area is 208 Å². The highest BCUT2D eigenvalue weighted by Gasteiger charge is 2.24. The molecular formula is C26H25N7O2S. The number of rotatable bonds is 5. The molecule has 1 aliphatic rings. The average Bonchev–Trinajstić information content (AvgIpc) is 3.33. The third-order valence-electron chi connectivity index (χ3n) is 6.39. The van der Waals surface area contributed by atoms with Crippen molar-refractivity contribution in [2.24, 2.45) is 0 Å². The first kappa shape index (κ1) is 22.4. The van der Waals surface area contributed by atoms with Crippen molar-refractivity contribution < 1.29 is 8.42 Å². The van der Waals surface area contributed by atoms with Gasteiger partial charge in [-0.2, -0.15) is 17.6 Å². The Balaban J connectivity index is 1.31. The second-order valence-corrected chi connectivity index (χ2v) is 10.7. The highest BCUT2D eigenvalue weighted by Crippen LogP contribution is 2.27. The summed E-state index contributed by atoms with van der Waals surface area (Å²) in [6, 6.07) is 19.0. The molecule has 1 atom stereocenters. The predicted molar refractivity (Wildman–Crippen MR) is 141 cm³/mol. The maximum absolute atomic E-state index is 13.6. The molecule has 0 unspecified atom stereocenters. The minimum Gasteiger partial charge on any atom is -0.369 e. The summed E-state index contributed by atoms with van der Waals surface area (Å²) in [5, 5.41) is 12.3. The zero-order valence-corrected chi connectivity index (χ0v) is 20.5. The van der Waals surface area contributed by atoms with Gasteiger partial charge in [-0.15, -0.1) is 0 Å². The van der Waals surface area contributed by atoms with E-state index in [1.54, 1.807) is 36.7 Å². The minimum atomic E-state index is -3.98. The van der Waals surface area contributed by atoms with Crippen molar-refractivity contribution in [3.8, 4) is 0 Å². The lowest BCUT2D eigenvalue weighted by molar-refractivity contribution is 0.485. The van der Waals surface area contributed by atoms with Crippen molar-refractivity contribution in [1.29, 1.82) is 0 Å². The van der Waals surface area contributed by atoms with Crippen LogP contribution in [0.1, 0.15) is 6.92 Å². The van der Waals surface area contributed by atoms with Crippen molar-refractivity contribution in [3.05, 3.63) is 79.3 Å². The molecule has 1 saturated heterocycles. The maximum Gasteiger partial charge on any atom is 0.285 e. The van der Waals surface area contributed by atoms with Crippen LogP contribution in [0.25, 0.3) is 21.8 Å². The third kappa shape index (κ3) is 4.04. The SMILES string of the molecule is C[C@@H]1CN(c2ccc(Nc3cc4c(cn3)cnn4S(=O)(=O)c3cccc4cccnc34)cc2)CCN1. The number of piperazine rings is 1. The summed E-state index contributed by atoms with van der Waals surface area (Å²) >= 11 is 0. The van der Waals surface area contributed by atoms with Gasteiger partial charge in [-0.1, -0.05) is 18.2 Å². The average molecular weight is 500 g/mol. The predicted octanol–water partition coefficient (Wildman–Crippen LogP) is 3.76. The number of nitrogens with zero attached hydrogens (tertiary/aromatic N) is 5. The molecule has 2 aromatic carbocycles. The van der Waals surface area contributed by atoms with E-state index in [1.807, 2.05) is 24.3 Å². The van der Waals surface area contributed by atoms with Gasteiger partial charge in [-0.25, -0.2) is 4.98 Å². The summed E-state index contributed by atoms with van der Waals surface area (Å²) in [5.74, 6) is 0.527. The van der Waals surface area contributed by atoms with Crippen molar-refractivity contribution >= 4 is 49.0 Å². The summed E-state index contributed by atoms with van der Waals surface area (Å²) in [4.78, 5) is 11.2. The molecule has 0 bridgehead atoms. The Bertz CT molecular complexity index is 1660. The number of para-hydroxylation sites is 1. The van der Waals surface area contributed by atoms with E-state index in [9.17, 15) is 8.42 Å². The van der Waals surface area contributed by atoms with Gasteiger partial charge in [0.25, 0.3) is 10.0 Å². The Hall–Kier alpha value is -4.02. The number of fused-ring (bicyclic) bond motifs is 2. The van der Waals surface area contributed by atoms with Crippen molar-refractivity contribution in [2.75, 3.05) is 29.9 Å². The fraction of sp³-hybridized carbons (Fsp3) is 0.192. The summed E-state index contributed by atoms with van der Waals surface area (Å²) in [7, 11) is -3.98. The lowest BCUT2D eigenvalue weighted by Crippen LogP contribution is -2.49. The molecule has 0 spiro atoms. The van der Waals surface area contributed by atoms with Gasteiger partial charge in [0.1, 0.15) is 10.7 Å². The van der Waals surface area contributed by atoms with Crippen LogP contribution >= 0.6 is 0 Å². The third-order valence-corrected chi connectivity index (χ3v) is 8.03. The summed E-state index contributed by atoms with van der Waals surface area (Å²) in [6.45, 7) is 5.10. The van der Waals surface area contributed by atoms with Gasteiger partial charge in [0, 0.05) is 66.3 Å². The zero-order chi connectivity index (χ0) is 24.7. The molecule has 4 heterocycles. The first-order valence-corrected chi connectivity index (χ1v) is 13.2. The highest BCUT2D eigenvalue weighted by molar-refractivity contribution is 7.90. The lowest BCUT2D eigenvalue weighted by atomic mass is 10.2. The van der Waals surface area contributed by atoms with E-state index >= 15 is 0 Å². The van der Waals surface area contributed by atoms with Gasteiger partial charge in [0.15, 0.2) is 0 Å². The van der Waals surface area contributed by atoms with E-state index in [1.165, 1.54) is 11.9 Å². The van der Waals surface area contributed by atoms with Crippen LogP contribution in [0.3, 0.4) is 0 Å². The number of nitrogens with one attached hydrogen (secondary N) is 2. The molecule has 10 heteroatoms. The number of hydrogen-bond donors (Lipinski definition) is 2. The fourth-order valence-electron chi connectivity index (χ4n) is 4.61. The Morgan fingerprint density at radius 3 is 2.67 bits per heavy atom. The second-order valence-electron chi connectivity index (χ2n) is 8.93. The molecule has 2 N–H and O–H groups in total. The zero-order valence-electron chi connectivity index (χ0n) is 19.7. The largest absolute Gasteiger partial charge is 0.369 e. The molecule has 5 aromatic rings. The molecule has 6 rings (SSSR count). The van der Waals surface area contributed by atoms with Gasteiger partial charge in [0.2, 0.25) is 0 Å². The Kier molecular flexibility index (Phi) is 5.54. The van der Waals surface area contributed by atoms with Crippen LogP contribution in [-0.2, 0) is 10.0 Å². The van der Waals surface area contributed by atoms with Crippen LogP contribution in [0.5, 0.6) is 0 Å². The van der Waals surface area contributed by atoms with Gasteiger partial charge < -0.3 is 15.5 Å². The monoisotopic (exact) mass is 499 g/mol. The topological polar surface area (TPSA) is 105 Å². The molecule has 36 heavy (non-hydrogen) atoms. The van der Waals surface area contributed by atoms with E-state index in [-0.39, 0.29) is 4.90 Å². The van der Waals surface area contributed by atoms with E-state index in [4.69, 9.17) is 0 Å². The van der Waals surface area contributed by atoms with Crippen molar-refractivity contribution in [2.45, 2.75) is 17.9 Å². The molecule has 0 aliphatic carbocycles. The molecule has 3 aromatic heterocycles. The maximum atomic E-state index is 13.6. The van der Waals surface area contributed by atoms with Crippen LogP contribution in [0.2, 0.25) is 0 Å². The van der Waals surface area contributed by atoms with Crippen molar-refractivity contribution in [3.63, 3.8) is 0 Å². The van der Waals surface area contributed by atoms with Gasteiger partial charge >= 0.3 is 0 Å². The number of anilines is 3. The number of aromatic nitrogens is 4. The molecule has 1 aliphatic heterocycles. The Morgan fingerprint density at radius 2 is 1.83 bits per heavy atom. The van der Waals surface area contributed by atoms with Crippen LogP contribution in [-0.4, -0.2) is 53.2 Å². The molecule has 9 nitrogen and oxygen atoms in total. The van der Waals surface area contributed by atoms with Crippen LogP contribution in [0, 0.1) is 0 Å². The fourth-order valence-corrected chi connectivity index (χ4v) is 6.05. The highest BCUT2D eigenvalue weighted by atomic mass is 32.2. The molecule has 1 fully saturated rings. The summed E-state index contributed by atoms with van der Waals surface area (Å²) < 4.78 is 28.3. The standard InChI is InChI=1S/C26H25N7O2S/c1-18-17-32(13-12-27-18)22-9-7-21(8-10-22)31-25-14-23-20(15-29-25)16-30-33(23)36(34,35)24-6-2-4-19-5-3-11-28-26(19)24/h2-11,14-16,18,27H,12-13,17H2,1H3,(H,29,31)/t18-/m1/s1. The molecule has 0 radical (unpaired) electrons. The lowest BCUT2D eigenvalue weighted by Gasteiger charge is -2.33. The van der Waals surface area contributed by atoms with Crippen LogP contribution in [0.15, 0.2) is 84.1 Å². The molecule has 0 amide bonds. The van der Waals surface area contributed by atoms with Crippen LogP contribution in [0.4, 0.5) is 17.2 Å². The summed E-state index contributed by atoms with van der Waals surface area (Å²) in [5.41, 5.74) is 2.88. The van der Waals surface area contributed by atoms with Gasteiger partial charge in [-0.3, -0.25) is 4.98 Å². The Morgan fingerprint density at radius 1 is 1.00 bits per heavy atom. The smallest absolute Gasteiger partial charge is 0.285 e. The van der Waals surface area contributed by atoms with Crippen molar-refractivity contribution in [1.82, 2.24) is 24.5 Å². The van der Waals surface area contributed by atoms with E-state index in [0.717, 1.165) is 34.8 Å². The summed E-state index contributed by atoms with van der Waals surface area (Å²) in [6.07, 6.45) is 4.71. The minimum absolute atomic E-state index is 0.106. The van der Waals surface area contributed by atoms with Gasteiger partial charge in [0.05, 0.1) is 17.2 Å². The molecule has 182 valence electrons. The number of pyridine rings is 2. The first-order chi connectivity index (χ1) is 17.5.